The minimum absolute atomic E-state index is 0.128. The first-order chi connectivity index (χ1) is 28.6. The first kappa shape index (κ1) is 42.2. The van der Waals surface area contributed by atoms with Gasteiger partial charge >= 0.3 is 12.2 Å². The molecule has 2 saturated heterocycles. The summed E-state index contributed by atoms with van der Waals surface area (Å²) in [5.41, 5.74) is 6.62. The van der Waals surface area contributed by atoms with E-state index in [1.54, 1.807) is 23.9 Å². The van der Waals surface area contributed by atoms with Gasteiger partial charge in [0.05, 0.1) is 14.2 Å². The largest absolute Gasteiger partial charge is 0.453 e. The molecule has 2 aliphatic heterocycles. The lowest BCUT2D eigenvalue weighted by atomic mass is 10.00. The Morgan fingerprint density at radius 1 is 0.617 bits per heavy atom. The van der Waals surface area contributed by atoms with Gasteiger partial charge in [-0.2, -0.15) is 0 Å². The molecular formula is C46H56N6O8. The van der Waals surface area contributed by atoms with Crippen molar-refractivity contribution in [2.45, 2.75) is 78.6 Å². The number of benzene rings is 3. The van der Waals surface area contributed by atoms with Gasteiger partial charge in [0.2, 0.25) is 23.6 Å². The second kappa shape index (κ2) is 17.0. The van der Waals surface area contributed by atoms with E-state index >= 15 is 0 Å². The second-order valence-corrected chi connectivity index (χ2v) is 17.3. The van der Waals surface area contributed by atoms with Gasteiger partial charge < -0.3 is 28.1 Å². The number of aromatic nitrogens is 2. The molecule has 0 unspecified atom stereocenters. The van der Waals surface area contributed by atoms with E-state index in [0.717, 1.165) is 22.3 Å². The summed E-state index contributed by atoms with van der Waals surface area (Å²) in [6.07, 6.45) is 0.292. The predicted molar refractivity (Wildman–Crippen MR) is 227 cm³/mol. The van der Waals surface area contributed by atoms with E-state index in [-0.39, 0.29) is 47.6 Å². The number of fused-ring (bicyclic) bond motifs is 2. The lowest BCUT2D eigenvalue weighted by molar-refractivity contribution is -0.139. The average Bonchev–Trinajstić information content (AvgIpc) is 4.03. The van der Waals surface area contributed by atoms with Crippen LogP contribution in [0.4, 0.5) is 9.59 Å². The molecule has 0 radical (unpaired) electrons. The van der Waals surface area contributed by atoms with Crippen LogP contribution in [0.15, 0.2) is 69.5 Å². The van der Waals surface area contributed by atoms with Crippen molar-refractivity contribution in [3.63, 3.8) is 0 Å². The predicted octanol–water partition coefficient (Wildman–Crippen LogP) is 8.57. The van der Waals surface area contributed by atoms with Crippen molar-refractivity contribution in [3.05, 3.63) is 72.4 Å². The SMILES string of the molecule is COC(=O)N(C)[C@H](C(=O)N1C[C@@H](C)C[C@H]1c1nc2cc(-c3ccc(-c4ccc5oc([C@@H]6C[C@H](C)CN6C(=O)[C@H](C(C)C)N(C)C(=O)OC)nc5c4)cc3)ccc2o1)C(C)C. The van der Waals surface area contributed by atoms with Crippen molar-refractivity contribution in [1.82, 2.24) is 29.6 Å². The number of methoxy groups -OCH3 is 2. The molecule has 0 aliphatic carbocycles. The quantitative estimate of drug-likeness (QED) is 0.134. The van der Waals surface area contributed by atoms with Crippen molar-refractivity contribution in [1.29, 1.82) is 0 Å². The second-order valence-electron chi connectivity index (χ2n) is 17.3. The molecule has 318 valence electrons. The monoisotopic (exact) mass is 820 g/mol. The number of amides is 4. The van der Waals surface area contributed by atoms with Crippen LogP contribution in [-0.2, 0) is 19.1 Å². The third-order valence-electron chi connectivity index (χ3n) is 12.0. The summed E-state index contributed by atoms with van der Waals surface area (Å²) < 4.78 is 22.4. The molecule has 3 aromatic carbocycles. The number of carbonyl (C=O) groups is 4. The van der Waals surface area contributed by atoms with Crippen LogP contribution in [0.5, 0.6) is 0 Å². The normalized spacial score (nSPS) is 20.3. The third kappa shape index (κ3) is 8.03. The van der Waals surface area contributed by atoms with Crippen LogP contribution in [0.25, 0.3) is 44.5 Å². The first-order valence-electron chi connectivity index (χ1n) is 20.7. The van der Waals surface area contributed by atoms with E-state index in [1.807, 2.05) is 64.1 Å². The van der Waals surface area contributed by atoms with Crippen LogP contribution in [0.2, 0.25) is 0 Å². The zero-order chi connectivity index (χ0) is 43.2. The highest BCUT2D eigenvalue weighted by atomic mass is 16.5. The number of likely N-dealkylation sites (tertiary alicyclic amines) is 2. The standard InChI is InChI=1S/C46H56N6O8/c1-25(2)39(49(7)45(55)57-9)43(53)51-23-27(5)19-35(51)41-47-33-21-31(15-17-37(33)59-41)29-11-13-30(14-12-29)32-16-18-38-34(22-32)48-42(60-38)36-20-28(6)24-52(36)44(54)40(26(3)4)50(8)46(56)58-10/h11-18,21-22,25-28,35-36,39-40H,19-20,23-24H2,1-10H3/t27-,28-,35-,36-,39-,40-/m0/s1. The Morgan fingerprint density at radius 3 is 1.30 bits per heavy atom. The summed E-state index contributed by atoms with van der Waals surface area (Å²) in [5, 5.41) is 0. The number of nitrogens with zero attached hydrogens (tertiary/aromatic N) is 6. The molecule has 5 aromatic rings. The van der Waals surface area contributed by atoms with Gasteiger partial charge in [0, 0.05) is 27.2 Å². The lowest BCUT2D eigenvalue weighted by Crippen LogP contribution is -2.51. The number of rotatable bonds is 10. The molecule has 4 amide bonds. The van der Waals surface area contributed by atoms with E-state index in [0.29, 0.717) is 59.9 Å². The van der Waals surface area contributed by atoms with Crippen molar-refractivity contribution in [2.75, 3.05) is 41.4 Å². The first-order valence-corrected chi connectivity index (χ1v) is 20.7. The van der Waals surface area contributed by atoms with Crippen LogP contribution in [0, 0.1) is 23.7 Å². The zero-order valence-electron chi connectivity index (χ0n) is 36.2. The molecule has 7 rings (SSSR count). The minimum atomic E-state index is -0.685. The van der Waals surface area contributed by atoms with Gasteiger partial charge in [0.1, 0.15) is 35.2 Å². The van der Waals surface area contributed by atoms with Gasteiger partial charge in [-0.15, -0.1) is 0 Å². The molecule has 4 heterocycles. The number of ether oxygens (including phenoxy) is 2. The van der Waals surface area contributed by atoms with Gasteiger partial charge in [0.15, 0.2) is 11.2 Å². The maximum atomic E-state index is 14.0. The van der Waals surface area contributed by atoms with E-state index in [9.17, 15) is 19.2 Å². The number of hydrogen-bond acceptors (Lipinski definition) is 10. The van der Waals surface area contributed by atoms with Gasteiger partial charge in [-0.05, 0) is 83.0 Å². The molecule has 14 nitrogen and oxygen atoms in total. The molecule has 0 N–H and O–H groups in total. The molecule has 60 heavy (non-hydrogen) atoms. The lowest BCUT2D eigenvalue weighted by Gasteiger charge is -2.34. The summed E-state index contributed by atoms with van der Waals surface area (Å²) in [4.78, 5) is 68.9. The smallest absolute Gasteiger partial charge is 0.409 e. The fourth-order valence-corrected chi connectivity index (χ4v) is 9.09. The zero-order valence-corrected chi connectivity index (χ0v) is 36.2. The Balaban J connectivity index is 1.09. The van der Waals surface area contributed by atoms with Crippen LogP contribution >= 0.6 is 0 Å². The molecule has 2 aromatic heterocycles. The van der Waals surface area contributed by atoms with Crippen molar-refractivity contribution in [2.24, 2.45) is 23.7 Å². The van der Waals surface area contributed by atoms with Crippen molar-refractivity contribution >= 4 is 46.2 Å². The number of carbonyl (C=O) groups excluding carboxylic acids is 4. The maximum absolute atomic E-state index is 14.0. The van der Waals surface area contributed by atoms with Gasteiger partial charge in [-0.3, -0.25) is 19.4 Å². The fourth-order valence-electron chi connectivity index (χ4n) is 9.09. The van der Waals surface area contributed by atoms with E-state index < -0.39 is 24.3 Å². The molecule has 0 bridgehead atoms. The highest BCUT2D eigenvalue weighted by Gasteiger charge is 2.44. The summed E-state index contributed by atoms with van der Waals surface area (Å²) >= 11 is 0. The molecule has 0 spiro atoms. The molecule has 2 fully saturated rings. The molecule has 6 atom stereocenters. The number of oxazole rings is 2. The van der Waals surface area contributed by atoms with Gasteiger partial charge in [-0.1, -0.05) is 77.9 Å². The Morgan fingerprint density at radius 2 is 0.967 bits per heavy atom. The molecule has 14 heteroatoms. The average molecular weight is 821 g/mol. The minimum Gasteiger partial charge on any atom is -0.453 e. The summed E-state index contributed by atoms with van der Waals surface area (Å²) in [5.74, 6) is 0.872. The Kier molecular flexibility index (Phi) is 11.9. The molecule has 0 saturated carbocycles. The maximum Gasteiger partial charge on any atom is 0.409 e. The van der Waals surface area contributed by atoms with E-state index in [2.05, 4.69) is 38.1 Å². The summed E-state index contributed by atoms with van der Waals surface area (Å²) in [7, 11) is 5.82. The van der Waals surface area contributed by atoms with Crippen LogP contribution in [0.3, 0.4) is 0 Å². The fraction of sp³-hybridized carbons (Fsp3) is 0.478. The number of hydrogen-bond donors (Lipinski definition) is 0. The van der Waals surface area contributed by atoms with Gasteiger partial charge in [-0.25, -0.2) is 19.6 Å². The Bertz CT molecular complexity index is 2220. The molecule has 2 aliphatic rings. The van der Waals surface area contributed by atoms with E-state index in [1.165, 1.54) is 24.0 Å². The van der Waals surface area contributed by atoms with Crippen molar-refractivity contribution < 1.29 is 37.5 Å². The van der Waals surface area contributed by atoms with Crippen LogP contribution in [0.1, 0.15) is 78.2 Å². The third-order valence-corrected chi connectivity index (χ3v) is 12.0. The Hall–Kier alpha value is -5.92. The summed E-state index contributed by atoms with van der Waals surface area (Å²) in [6.45, 7) is 13.0. The molecular weight excluding hydrogens is 765 g/mol. The van der Waals surface area contributed by atoms with Crippen LogP contribution in [-0.4, -0.2) is 107 Å². The number of likely N-dealkylation sites (N-methyl/N-ethyl adjacent to an activating group) is 2. The van der Waals surface area contributed by atoms with E-state index in [4.69, 9.17) is 28.3 Å². The topological polar surface area (TPSA) is 152 Å². The van der Waals surface area contributed by atoms with Crippen molar-refractivity contribution in [3.8, 4) is 22.3 Å². The highest BCUT2D eigenvalue weighted by Crippen LogP contribution is 2.40. The van der Waals surface area contributed by atoms with Crippen LogP contribution < -0.4 is 0 Å². The Labute approximate surface area is 350 Å². The van der Waals surface area contributed by atoms with Gasteiger partial charge in [0.25, 0.3) is 0 Å². The summed E-state index contributed by atoms with van der Waals surface area (Å²) in [6, 6.07) is 18.0. The highest BCUT2D eigenvalue weighted by molar-refractivity contribution is 5.88.